The second-order valence-electron chi connectivity index (χ2n) is 2.19. The minimum Gasteiger partial charge on any atom is -0.477 e. The molecule has 0 saturated carbocycles. The molecule has 13 heavy (non-hydrogen) atoms. The largest absolute Gasteiger partial charge is 0.477 e. The average Bonchev–Trinajstić information content (AvgIpc) is 2.03. The molecule has 0 spiro atoms. The number of aliphatic carboxylic acids is 1. The van der Waals surface area contributed by atoms with Crippen molar-refractivity contribution < 1.29 is 28.2 Å². The van der Waals surface area contributed by atoms with Crippen LogP contribution in [0.4, 0.5) is 8.78 Å². The number of carboxylic acid groups (broad SMARTS) is 1. The Hall–Kier alpha value is -0.720. The molecule has 0 bridgehead atoms. The van der Waals surface area contributed by atoms with E-state index >= 15 is 0 Å². The topological polar surface area (TPSA) is 63.6 Å². The number of ether oxygens (including phenoxy) is 1. The Balaban J connectivity index is 4.33. The van der Waals surface area contributed by atoms with Gasteiger partial charge in [-0.05, 0) is 6.92 Å². The van der Waals surface area contributed by atoms with Crippen molar-refractivity contribution in [2.75, 3.05) is 5.33 Å². The van der Waals surface area contributed by atoms with Crippen LogP contribution in [0, 0.1) is 0 Å². The smallest absolute Gasteiger partial charge is 0.378 e. The van der Waals surface area contributed by atoms with E-state index in [1.807, 2.05) is 0 Å². The predicted molar refractivity (Wildman–Crippen MR) is 41.9 cm³/mol. The third-order valence-electron chi connectivity index (χ3n) is 1.21. The molecule has 0 rings (SSSR count). The minimum absolute atomic E-state index is 0.257. The standard InChI is InChI=1S/C6H7BrF2O4/c1-3(13-4(10)2-7)6(8,9)5(11)12/h3H,2H2,1H3,(H,11,12). The summed E-state index contributed by atoms with van der Waals surface area (Å²) in [5.41, 5.74) is 0. The summed E-state index contributed by atoms with van der Waals surface area (Å²) >= 11 is 2.68. The fourth-order valence-electron chi connectivity index (χ4n) is 0.477. The summed E-state index contributed by atoms with van der Waals surface area (Å²) in [4.78, 5) is 20.5. The molecule has 0 fully saturated rings. The summed E-state index contributed by atoms with van der Waals surface area (Å²) < 4.78 is 29.2. The number of esters is 1. The van der Waals surface area contributed by atoms with Gasteiger partial charge in [0.15, 0.2) is 6.10 Å². The SMILES string of the molecule is CC(OC(=O)CBr)C(F)(F)C(=O)O. The van der Waals surface area contributed by atoms with E-state index < -0.39 is 24.0 Å². The first-order chi connectivity index (χ1) is 5.82. The van der Waals surface area contributed by atoms with Gasteiger partial charge in [0, 0.05) is 0 Å². The van der Waals surface area contributed by atoms with Crippen molar-refractivity contribution in [2.45, 2.75) is 19.0 Å². The summed E-state index contributed by atoms with van der Waals surface area (Å²) in [6.45, 7) is 0.814. The van der Waals surface area contributed by atoms with Crippen molar-refractivity contribution in [3.63, 3.8) is 0 Å². The van der Waals surface area contributed by atoms with Gasteiger partial charge in [-0.25, -0.2) is 4.79 Å². The van der Waals surface area contributed by atoms with E-state index in [1.54, 1.807) is 0 Å². The quantitative estimate of drug-likeness (QED) is 0.606. The molecule has 0 aliphatic rings. The van der Waals surface area contributed by atoms with Crippen LogP contribution in [-0.4, -0.2) is 34.4 Å². The highest BCUT2D eigenvalue weighted by Crippen LogP contribution is 2.21. The first-order valence-corrected chi connectivity index (χ1v) is 4.31. The monoisotopic (exact) mass is 260 g/mol. The van der Waals surface area contributed by atoms with E-state index in [0.29, 0.717) is 0 Å². The van der Waals surface area contributed by atoms with Crippen LogP contribution >= 0.6 is 15.9 Å². The van der Waals surface area contributed by atoms with E-state index in [2.05, 4.69) is 20.7 Å². The second-order valence-corrected chi connectivity index (χ2v) is 2.75. The molecular formula is C6H7BrF2O4. The molecule has 0 aromatic heterocycles. The molecule has 0 saturated heterocycles. The molecule has 76 valence electrons. The van der Waals surface area contributed by atoms with Gasteiger partial charge in [0.2, 0.25) is 0 Å². The van der Waals surface area contributed by atoms with Crippen molar-refractivity contribution >= 4 is 27.9 Å². The Morgan fingerprint density at radius 1 is 1.62 bits per heavy atom. The Kier molecular flexibility index (Phi) is 4.25. The van der Waals surface area contributed by atoms with Crippen LogP contribution in [0.2, 0.25) is 0 Å². The second kappa shape index (κ2) is 4.50. The Morgan fingerprint density at radius 3 is 2.38 bits per heavy atom. The fraction of sp³-hybridized carbons (Fsp3) is 0.667. The zero-order valence-electron chi connectivity index (χ0n) is 6.59. The van der Waals surface area contributed by atoms with Gasteiger partial charge in [-0.15, -0.1) is 0 Å². The molecule has 1 atom stereocenters. The zero-order chi connectivity index (χ0) is 10.6. The molecule has 1 unspecified atom stereocenters. The van der Waals surface area contributed by atoms with Crippen LogP contribution in [0.15, 0.2) is 0 Å². The fourth-order valence-corrected chi connectivity index (χ4v) is 0.609. The van der Waals surface area contributed by atoms with Gasteiger partial charge in [0.05, 0.1) is 0 Å². The van der Waals surface area contributed by atoms with Crippen molar-refractivity contribution in [2.24, 2.45) is 0 Å². The maximum absolute atomic E-state index is 12.5. The summed E-state index contributed by atoms with van der Waals surface area (Å²) in [5, 5.41) is 7.79. The summed E-state index contributed by atoms with van der Waals surface area (Å²) in [6, 6.07) is 0. The Bertz CT molecular complexity index is 219. The molecule has 0 heterocycles. The van der Waals surface area contributed by atoms with Gasteiger partial charge >= 0.3 is 17.9 Å². The van der Waals surface area contributed by atoms with Crippen LogP contribution in [0.1, 0.15) is 6.92 Å². The number of carbonyl (C=O) groups is 2. The lowest BCUT2D eigenvalue weighted by Gasteiger charge is -2.18. The molecule has 0 aliphatic carbocycles. The highest BCUT2D eigenvalue weighted by Gasteiger charge is 2.47. The van der Waals surface area contributed by atoms with Gasteiger partial charge in [-0.2, -0.15) is 8.78 Å². The molecule has 0 aromatic carbocycles. The molecule has 7 heteroatoms. The van der Waals surface area contributed by atoms with Gasteiger partial charge in [0.25, 0.3) is 0 Å². The molecule has 1 N–H and O–H groups in total. The van der Waals surface area contributed by atoms with Crippen LogP contribution in [0.5, 0.6) is 0 Å². The molecule has 0 radical (unpaired) electrons. The number of halogens is 3. The number of hydrogen-bond donors (Lipinski definition) is 1. The number of hydrogen-bond acceptors (Lipinski definition) is 3. The highest BCUT2D eigenvalue weighted by atomic mass is 79.9. The number of alkyl halides is 3. The summed E-state index contributed by atoms with van der Waals surface area (Å²) in [5.74, 6) is -7.31. The van der Waals surface area contributed by atoms with Gasteiger partial charge in [-0.1, -0.05) is 15.9 Å². The highest BCUT2D eigenvalue weighted by molar-refractivity contribution is 9.09. The molecule has 0 amide bonds. The predicted octanol–water partition coefficient (Wildman–Crippen LogP) is 1.03. The van der Waals surface area contributed by atoms with E-state index in [4.69, 9.17) is 5.11 Å². The maximum atomic E-state index is 12.5. The third-order valence-corrected chi connectivity index (χ3v) is 1.67. The van der Waals surface area contributed by atoms with Gasteiger partial charge in [0.1, 0.15) is 5.33 Å². The van der Waals surface area contributed by atoms with Crippen molar-refractivity contribution in [1.29, 1.82) is 0 Å². The lowest BCUT2D eigenvalue weighted by atomic mass is 10.2. The number of carboxylic acids is 1. The van der Waals surface area contributed by atoms with Crippen LogP contribution < -0.4 is 0 Å². The van der Waals surface area contributed by atoms with Crippen molar-refractivity contribution in [3.05, 3.63) is 0 Å². The van der Waals surface area contributed by atoms with Crippen molar-refractivity contribution in [3.8, 4) is 0 Å². The van der Waals surface area contributed by atoms with Gasteiger partial charge < -0.3 is 9.84 Å². The molecule has 4 nitrogen and oxygen atoms in total. The van der Waals surface area contributed by atoms with E-state index in [0.717, 1.165) is 6.92 Å². The number of rotatable bonds is 4. The van der Waals surface area contributed by atoms with Crippen molar-refractivity contribution in [1.82, 2.24) is 0 Å². The third kappa shape index (κ3) is 3.25. The Labute approximate surface area is 81.0 Å². The van der Waals surface area contributed by atoms with E-state index in [-0.39, 0.29) is 5.33 Å². The zero-order valence-corrected chi connectivity index (χ0v) is 8.18. The van der Waals surface area contributed by atoms with E-state index in [9.17, 15) is 18.4 Å². The molecule has 0 aromatic rings. The summed E-state index contributed by atoms with van der Waals surface area (Å²) in [7, 11) is 0. The first-order valence-electron chi connectivity index (χ1n) is 3.19. The maximum Gasteiger partial charge on any atom is 0.378 e. The van der Waals surface area contributed by atoms with Gasteiger partial charge in [-0.3, -0.25) is 4.79 Å². The average molecular weight is 261 g/mol. The Morgan fingerprint density at radius 2 is 2.08 bits per heavy atom. The lowest BCUT2D eigenvalue weighted by Crippen LogP contribution is -2.42. The molecular weight excluding hydrogens is 254 g/mol. The normalized spacial score (nSPS) is 13.5. The molecule has 0 aliphatic heterocycles. The minimum atomic E-state index is -4.06. The van der Waals surface area contributed by atoms with Crippen LogP contribution in [0.3, 0.4) is 0 Å². The number of carbonyl (C=O) groups excluding carboxylic acids is 1. The van der Waals surface area contributed by atoms with Crippen LogP contribution in [-0.2, 0) is 14.3 Å². The summed E-state index contributed by atoms with van der Waals surface area (Å²) in [6.07, 6.45) is -1.98. The van der Waals surface area contributed by atoms with Crippen LogP contribution in [0.25, 0.3) is 0 Å². The van der Waals surface area contributed by atoms with E-state index in [1.165, 1.54) is 0 Å². The lowest BCUT2D eigenvalue weighted by molar-refractivity contribution is -0.189. The first kappa shape index (κ1) is 12.3.